The fourth-order valence-corrected chi connectivity index (χ4v) is 4.88. The Balaban J connectivity index is 1.60. The highest BCUT2D eigenvalue weighted by Gasteiger charge is 2.28. The fourth-order valence-electron chi connectivity index (χ4n) is 4.13. The van der Waals surface area contributed by atoms with E-state index >= 15 is 0 Å². The minimum atomic E-state index is -3.62. The molecule has 9 nitrogen and oxygen atoms in total. The third-order valence-electron chi connectivity index (χ3n) is 5.88. The summed E-state index contributed by atoms with van der Waals surface area (Å²) in [6.07, 6.45) is 11.5. The molecule has 0 saturated heterocycles. The van der Waals surface area contributed by atoms with Crippen molar-refractivity contribution in [1.29, 1.82) is 0 Å². The Morgan fingerprint density at radius 3 is 2.63 bits per heavy atom. The zero-order valence-corrected chi connectivity index (χ0v) is 18.1. The number of carbonyl (C=O) groups excluding carboxylic acids is 1. The topological polar surface area (TPSA) is 111 Å². The van der Waals surface area contributed by atoms with Crippen molar-refractivity contribution >= 4 is 27.1 Å². The van der Waals surface area contributed by atoms with Crippen molar-refractivity contribution in [2.45, 2.75) is 50.6 Å². The first-order chi connectivity index (χ1) is 14.2. The second-order valence-corrected chi connectivity index (χ2v) is 10.2. The molecular formula is C20H26N6O3S. The molecule has 0 aromatic carbocycles. The first-order valence-electron chi connectivity index (χ1n) is 10.1. The van der Waals surface area contributed by atoms with E-state index in [0.29, 0.717) is 17.5 Å². The minimum absolute atomic E-state index is 0.119. The zero-order chi connectivity index (χ0) is 21.5. The first-order valence-corrected chi connectivity index (χ1v) is 12.0. The standard InChI is InChI=1S/C20H26N6O3S/c1-13(2)14-5-7-15(8-6-14)26-12-17(20(24-26)30(3,28)29)23-19(27)16-11-22-25-10-4-9-21-18(16)25/h4,9-15H,5-8H2,1-3H3,(H,23,27). The van der Waals surface area contributed by atoms with Crippen molar-refractivity contribution in [3.05, 3.63) is 36.4 Å². The van der Waals surface area contributed by atoms with E-state index in [0.717, 1.165) is 31.9 Å². The summed E-state index contributed by atoms with van der Waals surface area (Å²) in [6.45, 7) is 4.48. The predicted octanol–water partition coefficient (Wildman–Crippen LogP) is 2.97. The maximum Gasteiger partial charge on any atom is 0.261 e. The highest BCUT2D eigenvalue weighted by atomic mass is 32.2. The van der Waals surface area contributed by atoms with Gasteiger partial charge in [-0.3, -0.25) is 9.48 Å². The molecule has 30 heavy (non-hydrogen) atoms. The second-order valence-electron chi connectivity index (χ2n) is 8.31. The summed E-state index contributed by atoms with van der Waals surface area (Å²) in [5, 5.41) is 11.0. The van der Waals surface area contributed by atoms with Crippen LogP contribution < -0.4 is 5.32 Å². The van der Waals surface area contributed by atoms with Gasteiger partial charge in [0.05, 0.1) is 24.1 Å². The number of nitrogens with one attached hydrogen (secondary N) is 1. The van der Waals surface area contributed by atoms with Crippen LogP contribution in [-0.2, 0) is 9.84 Å². The van der Waals surface area contributed by atoms with Gasteiger partial charge in [-0.2, -0.15) is 10.2 Å². The van der Waals surface area contributed by atoms with E-state index in [-0.39, 0.29) is 22.3 Å². The highest BCUT2D eigenvalue weighted by molar-refractivity contribution is 7.90. The quantitative estimate of drug-likeness (QED) is 0.666. The van der Waals surface area contributed by atoms with Gasteiger partial charge in [0.15, 0.2) is 20.5 Å². The number of hydrogen-bond donors (Lipinski definition) is 1. The fraction of sp³-hybridized carbons (Fsp3) is 0.500. The largest absolute Gasteiger partial charge is 0.318 e. The monoisotopic (exact) mass is 430 g/mol. The molecular weight excluding hydrogens is 404 g/mol. The predicted molar refractivity (Wildman–Crippen MR) is 112 cm³/mol. The van der Waals surface area contributed by atoms with Crippen LogP contribution in [0.5, 0.6) is 0 Å². The lowest BCUT2D eigenvalue weighted by atomic mass is 9.80. The third-order valence-corrected chi connectivity index (χ3v) is 6.88. The number of aromatic nitrogens is 5. The Morgan fingerprint density at radius 1 is 1.23 bits per heavy atom. The summed E-state index contributed by atoms with van der Waals surface area (Å²) >= 11 is 0. The van der Waals surface area contributed by atoms with E-state index < -0.39 is 15.7 Å². The molecule has 1 N–H and O–H groups in total. The van der Waals surface area contributed by atoms with Crippen LogP contribution in [0.4, 0.5) is 5.69 Å². The van der Waals surface area contributed by atoms with Gasteiger partial charge < -0.3 is 5.32 Å². The maximum absolute atomic E-state index is 12.8. The summed E-state index contributed by atoms with van der Waals surface area (Å²) in [5.74, 6) is 0.856. The molecule has 1 aliphatic rings. The van der Waals surface area contributed by atoms with Gasteiger partial charge in [-0.05, 0) is 43.6 Å². The Bertz CT molecular complexity index is 1170. The summed E-state index contributed by atoms with van der Waals surface area (Å²) < 4.78 is 27.8. The van der Waals surface area contributed by atoms with E-state index in [1.165, 1.54) is 10.7 Å². The lowest BCUT2D eigenvalue weighted by Gasteiger charge is -2.30. The van der Waals surface area contributed by atoms with Gasteiger partial charge in [-0.25, -0.2) is 17.9 Å². The van der Waals surface area contributed by atoms with Crippen molar-refractivity contribution in [2.24, 2.45) is 11.8 Å². The van der Waals surface area contributed by atoms with E-state index in [2.05, 4.69) is 34.3 Å². The van der Waals surface area contributed by atoms with Crippen LogP contribution in [0.1, 0.15) is 55.9 Å². The number of amides is 1. The van der Waals surface area contributed by atoms with Crippen LogP contribution in [0.3, 0.4) is 0 Å². The number of sulfone groups is 1. The van der Waals surface area contributed by atoms with Crippen molar-refractivity contribution in [2.75, 3.05) is 11.6 Å². The molecule has 0 radical (unpaired) electrons. The molecule has 3 aromatic heterocycles. The number of fused-ring (bicyclic) bond motifs is 1. The Kier molecular flexibility index (Phi) is 5.35. The van der Waals surface area contributed by atoms with E-state index in [4.69, 9.17) is 0 Å². The van der Waals surface area contributed by atoms with Crippen LogP contribution in [-0.4, -0.2) is 45.0 Å². The van der Waals surface area contributed by atoms with Gasteiger partial charge in [0, 0.05) is 18.6 Å². The van der Waals surface area contributed by atoms with Gasteiger partial charge in [-0.1, -0.05) is 13.8 Å². The van der Waals surface area contributed by atoms with Crippen LogP contribution >= 0.6 is 0 Å². The molecule has 160 valence electrons. The van der Waals surface area contributed by atoms with Crippen molar-refractivity contribution in [3.8, 4) is 0 Å². The van der Waals surface area contributed by atoms with Gasteiger partial charge in [-0.15, -0.1) is 0 Å². The Hall–Kier alpha value is -2.75. The molecule has 1 fully saturated rings. The molecule has 0 atom stereocenters. The van der Waals surface area contributed by atoms with Crippen molar-refractivity contribution in [3.63, 3.8) is 0 Å². The molecule has 3 heterocycles. The molecule has 1 aliphatic carbocycles. The average Bonchev–Trinajstić information content (AvgIpc) is 3.32. The van der Waals surface area contributed by atoms with Crippen LogP contribution in [0.2, 0.25) is 0 Å². The third kappa shape index (κ3) is 3.96. The summed E-state index contributed by atoms with van der Waals surface area (Å²) in [7, 11) is -3.62. The lowest BCUT2D eigenvalue weighted by Crippen LogP contribution is -2.21. The first kappa shape index (κ1) is 20.5. The second kappa shape index (κ2) is 7.82. The smallest absolute Gasteiger partial charge is 0.261 e. The van der Waals surface area contributed by atoms with E-state index in [9.17, 15) is 13.2 Å². The van der Waals surface area contributed by atoms with Crippen molar-refractivity contribution < 1.29 is 13.2 Å². The molecule has 4 rings (SSSR count). The lowest BCUT2D eigenvalue weighted by molar-refractivity contribution is 0.102. The zero-order valence-electron chi connectivity index (χ0n) is 17.3. The van der Waals surface area contributed by atoms with Gasteiger partial charge in [0.1, 0.15) is 5.56 Å². The molecule has 1 saturated carbocycles. The number of nitrogens with zero attached hydrogens (tertiary/aromatic N) is 5. The number of hydrogen-bond acceptors (Lipinski definition) is 6. The van der Waals surface area contributed by atoms with E-state index in [1.807, 2.05) is 0 Å². The molecule has 10 heteroatoms. The molecule has 3 aromatic rings. The Labute approximate surface area is 175 Å². The number of carbonyl (C=O) groups is 1. The summed E-state index contributed by atoms with van der Waals surface area (Å²) in [6, 6.07) is 1.84. The number of anilines is 1. The van der Waals surface area contributed by atoms with Crippen LogP contribution in [0.25, 0.3) is 5.65 Å². The summed E-state index contributed by atoms with van der Waals surface area (Å²) in [4.78, 5) is 17.0. The molecule has 0 spiro atoms. The minimum Gasteiger partial charge on any atom is -0.318 e. The van der Waals surface area contributed by atoms with Gasteiger partial charge in [0.2, 0.25) is 0 Å². The van der Waals surface area contributed by atoms with E-state index in [1.54, 1.807) is 29.3 Å². The maximum atomic E-state index is 12.8. The van der Waals surface area contributed by atoms with Crippen LogP contribution in [0.15, 0.2) is 35.9 Å². The SMILES string of the molecule is CC(C)C1CCC(n2cc(NC(=O)c3cnn4cccnc34)c(S(C)(=O)=O)n2)CC1. The number of rotatable bonds is 5. The molecule has 1 amide bonds. The van der Waals surface area contributed by atoms with Gasteiger partial charge in [0.25, 0.3) is 5.91 Å². The van der Waals surface area contributed by atoms with Crippen LogP contribution in [0, 0.1) is 11.8 Å². The average molecular weight is 431 g/mol. The normalized spacial score (nSPS) is 20.0. The Morgan fingerprint density at radius 2 is 1.97 bits per heavy atom. The van der Waals surface area contributed by atoms with Gasteiger partial charge >= 0.3 is 0 Å². The molecule has 0 bridgehead atoms. The van der Waals surface area contributed by atoms with Crippen molar-refractivity contribution in [1.82, 2.24) is 24.4 Å². The molecule has 0 unspecified atom stereocenters. The highest BCUT2D eigenvalue weighted by Crippen LogP contribution is 2.36. The molecule has 0 aliphatic heterocycles. The summed E-state index contributed by atoms with van der Waals surface area (Å²) in [5.41, 5.74) is 0.847.